The van der Waals surface area contributed by atoms with E-state index in [1.54, 1.807) is 24.5 Å². The second-order valence-corrected chi connectivity index (χ2v) is 8.40. The van der Waals surface area contributed by atoms with Crippen molar-refractivity contribution in [1.82, 2.24) is 14.6 Å². The van der Waals surface area contributed by atoms with Gasteiger partial charge in [0, 0.05) is 29.9 Å². The normalized spacial score (nSPS) is 12.4. The second-order valence-electron chi connectivity index (χ2n) is 7.79. The largest absolute Gasteiger partial charge is 0.297 e. The zero-order chi connectivity index (χ0) is 21.7. The van der Waals surface area contributed by atoms with E-state index in [9.17, 15) is 14.0 Å². The number of rotatable bonds is 8. The highest BCUT2D eigenvalue weighted by Gasteiger charge is 2.36. The third-order valence-corrected chi connectivity index (χ3v) is 5.60. The number of hydrogen-bond donors (Lipinski definition) is 0. The van der Waals surface area contributed by atoms with E-state index in [0.717, 1.165) is 18.0 Å². The van der Waals surface area contributed by atoms with Crippen LogP contribution in [0.15, 0.2) is 54.2 Å². The van der Waals surface area contributed by atoms with Gasteiger partial charge in [-0.1, -0.05) is 31.7 Å². The molecule has 6 nitrogen and oxygen atoms in total. The first-order valence-electron chi connectivity index (χ1n) is 9.61. The lowest BCUT2D eigenvalue weighted by Gasteiger charge is -2.33. The van der Waals surface area contributed by atoms with Crippen molar-refractivity contribution in [3.8, 4) is 0 Å². The molecule has 1 aromatic carbocycles. The lowest BCUT2D eigenvalue weighted by atomic mass is 9.82. The molecule has 2 heterocycles. The van der Waals surface area contributed by atoms with Crippen molar-refractivity contribution in [3.63, 3.8) is 0 Å². The number of benzene rings is 1. The summed E-state index contributed by atoms with van der Waals surface area (Å²) in [5, 5.41) is 5.42. The van der Waals surface area contributed by atoms with E-state index in [2.05, 4.69) is 14.6 Å². The summed E-state index contributed by atoms with van der Waals surface area (Å²) in [6.07, 6.45) is 4.25. The minimum absolute atomic E-state index is 0.117. The highest BCUT2D eigenvalue weighted by atomic mass is 32.1. The predicted molar refractivity (Wildman–Crippen MR) is 114 cm³/mol. The molecule has 30 heavy (non-hydrogen) atoms. The molecule has 0 spiro atoms. The van der Waals surface area contributed by atoms with E-state index in [4.69, 9.17) is 0 Å². The number of ketones is 1. The Hall–Kier alpha value is -3.00. The standard InChI is InChI=1S/C22H23FN4O2S/c1-4-22(2,3)13-19(28)20(15-9-11-24-12-10-15)27(17-7-5-16(23)6-8-17)21(29)18-14-30-26-25-18/h5-12,14,20H,4,13H2,1-3H3. The van der Waals surface area contributed by atoms with Crippen LogP contribution >= 0.6 is 11.5 Å². The average Bonchev–Trinajstić information content (AvgIpc) is 3.27. The zero-order valence-electron chi connectivity index (χ0n) is 17.1. The maximum Gasteiger partial charge on any atom is 0.280 e. The van der Waals surface area contributed by atoms with E-state index in [0.29, 0.717) is 11.3 Å². The van der Waals surface area contributed by atoms with Gasteiger partial charge in [-0.3, -0.25) is 19.5 Å². The molecule has 0 aliphatic heterocycles. The van der Waals surface area contributed by atoms with Crippen LogP contribution in [0.2, 0.25) is 0 Å². The number of anilines is 1. The SMILES string of the molecule is CCC(C)(C)CC(=O)C(c1ccncc1)N(C(=O)c1csnn1)c1ccc(F)cc1. The maximum atomic E-state index is 13.6. The van der Waals surface area contributed by atoms with Crippen LogP contribution in [0.25, 0.3) is 0 Å². The van der Waals surface area contributed by atoms with Gasteiger partial charge in [0.1, 0.15) is 11.9 Å². The fraction of sp³-hybridized carbons (Fsp3) is 0.318. The summed E-state index contributed by atoms with van der Waals surface area (Å²) in [4.78, 5) is 32.4. The highest BCUT2D eigenvalue weighted by Crippen LogP contribution is 2.34. The minimum atomic E-state index is -0.904. The van der Waals surface area contributed by atoms with Crippen LogP contribution in [0.3, 0.4) is 0 Å². The van der Waals surface area contributed by atoms with E-state index in [1.165, 1.54) is 34.5 Å². The number of hydrogen-bond acceptors (Lipinski definition) is 6. The van der Waals surface area contributed by atoms with Crippen LogP contribution in [-0.2, 0) is 4.79 Å². The molecule has 1 unspecified atom stereocenters. The van der Waals surface area contributed by atoms with E-state index >= 15 is 0 Å². The Morgan fingerprint density at radius 3 is 2.37 bits per heavy atom. The van der Waals surface area contributed by atoms with E-state index < -0.39 is 17.8 Å². The summed E-state index contributed by atoms with van der Waals surface area (Å²) >= 11 is 1.05. The molecule has 1 atom stereocenters. The van der Waals surface area contributed by atoms with Gasteiger partial charge in [-0.15, -0.1) is 5.10 Å². The molecule has 0 aliphatic carbocycles. The Kier molecular flexibility index (Phi) is 6.66. The fourth-order valence-electron chi connectivity index (χ4n) is 3.08. The van der Waals surface area contributed by atoms with Crippen LogP contribution in [0.1, 0.15) is 55.7 Å². The quantitative estimate of drug-likeness (QED) is 0.514. The van der Waals surface area contributed by atoms with Gasteiger partial charge >= 0.3 is 0 Å². The monoisotopic (exact) mass is 426 g/mol. The molecule has 3 rings (SSSR count). The van der Waals surface area contributed by atoms with Crippen molar-refractivity contribution >= 4 is 28.9 Å². The topological polar surface area (TPSA) is 76.1 Å². The molecule has 3 aromatic rings. The van der Waals surface area contributed by atoms with Crippen molar-refractivity contribution in [3.05, 3.63) is 71.2 Å². The fourth-order valence-corrected chi connectivity index (χ4v) is 3.51. The molecule has 0 fully saturated rings. The summed E-state index contributed by atoms with van der Waals surface area (Å²) in [6.45, 7) is 6.06. The number of Topliss-reactive ketones (excluding diaryl/α,β-unsaturated/α-hetero) is 1. The van der Waals surface area contributed by atoms with Gasteiger partial charge < -0.3 is 0 Å². The van der Waals surface area contributed by atoms with Crippen molar-refractivity contribution < 1.29 is 14.0 Å². The molecule has 156 valence electrons. The third-order valence-electron chi connectivity index (χ3n) is 5.10. The van der Waals surface area contributed by atoms with Crippen LogP contribution in [0, 0.1) is 11.2 Å². The lowest BCUT2D eigenvalue weighted by Crippen LogP contribution is -2.40. The van der Waals surface area contributed by atoms with Crippen molar-refractivity contribution in [2.24, 2.45) is 5.41 Å². The molecule has 8 heteroatoms. The smallest absolute Gasteiger partial charge is 0.280 e. The van der Waals surface area contributed by atoms with Crippen molar-refractivity contribution in [2.75, 3.05) is 4.90 Å². The maximum absolute atomic E-state index is 13.6. The Labute approximate surface area is 178 Å². The Bertz CT molecular complexity index is 992. The van der Waals surface area contributed by atoms with Gasteiger partial charge in [0.05, 0.1) is 0 Å². The van der Waals surface area contributed by atoms with Crippen molar-refractivity contribution in [2.45, 2.75) is 39.7 Å². The molecule has 0 radical (unpaired) electrons. The number of carbonyl (C=O) groups excluding carboxylic acids is 2. The molecule has 0 aliphatic rings. The summed E-state index contributed by atoms with van der Waals surface area (Å²) in [7, 11) is 0. The molecule has 0 saturated carbocycles. The number of nitrogens with zero attached hydrogens (tertiary/aromatic N) is 4. The van der Waals surface area contributed by atoms with Gasteiger partial charge in [-0.05, 0) is 58.9 Å². The lowest BCUT2D eigenvalue weighted by molar-refractivity contribution is -0.122. The Morgan fingerprint density at radius 1 is 1.13 bits per heavy atom. The molecular weight excluding hydrogens is 403 g/mol. The highest BCUT2D eigenvalue weighted by molar-refractivity contribution is 7.03. The van der Waals surface area contributed by atoms with Gasteiger partial charge in [-0.2, -0.15) is 0 Å². The van der Waals surface area contributed by atoms with E-state index in [-0.39, 0.29) is 23.3 Å². The Balaban J connectivity index is 2.14. The minimum Gasteiger partial charge on any atom is -0.297 e. The van der Waals surface area contributed by atoms with Crippen LogP contribution < -0.4 is 4.90 Å². The number of halogens is 1. The first-order valence-corrected chi connectivity index (χ1v) is 10.4. The second kappa shape index (κ2) is 9.21. The number of carbonyl (C=O) groups is 2. The molecule has 1 amide bonds. The number of pyridine rings is 1. The molecule has 0 bridgehead atoms. The van der Waals surface area contributed by atoms with Crippen molar-refractivity contribution in [1.29, 1.82) is 0 Å². The molecule has 2 aromatic heterocycles. The Morgan fingerprint density at radius 2 is 1.80 bits per heavy atom. The summed E-state index contributed by atoms with van der Waals surface area (Å²) in [6, 6.07) is 8.02. The van der Waals surface area contributed by atoms with Crippen LogP contribution in [0.5, 0.6) is 0 Å². The van der Waals surface area contributed by atoms with Gasteiger partial charge in [0.2, 0.25) is 0 Å². The predicted octanol–water partition coefficient (Wildman–Crippen LogP) is 4.86. The van der Waals surface area contributed by atoms with Gasteiger partial charge in [-0.25, -0.2) is 4.39 Å². The molecule has 0 saturated heterocycles. The van der Waals surface area contributed by atoms with E-state index in [1.807, 2.05) is 20.8 Å². The summed E-state index contributed by atoms with van der Waals surface area (Å²) in [5.74, 6) is -1.02. The first kappa shape index (κ1) is 21.7. The number of amides is 1. The summed E-state index contributed by atoms with van der Waals surface area (Å²) < 4.78 is 17.3. The van der Waals surface area contributed by atoms with Crippen LogP contribution in [0.4, 0.5) is 10.1 Å². The number of aromatic nitrogens is 3. The van der Waals surface area contributed by atoms with Gasteiger partial charge in [0.15, 0.2) is 11.5 Å². The third kappa shape index (κ3) is 4.94. The average molecular weight is 427 g/mol. The van der Waals surface area contributed by atoms with Crippen LogP contribution in [-0.4, -0.2) is 26.3 Å². The molecular formula is C22H23FN4O2S. The molecule has 0 N–H and O–H groups in total. The zero-order valence-corrected chi connectivity index (χ0v) is 17.9. The first-order chi connectivity index (χ1) is 14.3. The van der Waals surface area contributed by atoms with Gasteiger partial charge in [0.25, 0.3) is 5.91 Å². The summed E-state index contributed by atoms with van der Waals surface area (Å²) in [5.41, 5.74) is 0.926.